The number of aliphatic hydroxyl groups is 1. The average molecular weight is 428 g/mol. The van der Waals surface area contributed by atoms with E-state index in [1.807, 2.05) is 6.92 Å². The molecule has 2 N–H and O–H groups in total. The third-order valence-corrected chi connectivity index (χ3v) is 5.55. The van der Waals surface area contributed by atoms with Gasteiger partial charge in [-0.15, -0.1) is 0 Å². The van der Waals surface area contributed by atoms with E-state index >= 15 is 0 Å². The fourth-order valence-corrected chi connectivity index (χ4v) is 3.86. The van der Waals surface area contributed by atoms with Crippen molar-refractivity contribution in [1.82, 2.24) is 10.2 Å². The monoisotopic (exact) mass is 428 g/mol. The molecule has 1 aliphatic heterocycles. The van der Waals surface area contributed by atoms with E-state index in [2.05, 4.69) is 5.32 Å². The molecule has 1 saturated carbocycles. The summed E-state index contributed by atoms with van der Waals surface area (Å²) in [5.74, 6) is -0.835. The normalized spacial score (nSPS) is 19.3. The van der Waals surface area contributed by atoms with Crippen LogP contribution in [0.3, 0.4) is 0 Å². The zero-order valence-corrected chi connectivity index (χ0v) is 17.5. The molecule has 1 aromatic rings. The highest BCUT2D eigenvalue weighted by Gasteiger charge is 2.43. The highest BCUT2D eigenvalue weighted by atomic mass is 19.4. The Balaban J connectivity index is 1.99. The SMILES string of the molecule is CC1(NC(CO)c2cc3c(c(C(F)(F)F)c2)CN(C(=O)OC(C)(C)C)C3=O)CCC1. The van der Waals surface area contributed by atoms with Crippen LogP contribution in [0.25, 0.3) is 0 Å². The second-order valence-electron chi connectivity index (χ2n) is 9.26. The lowest BCUT2D eigenvalue weighted by atomic mass is 9.77. The molecule has 0 aromatic heterocycles. The fourth-order valence-electron chi connectivity index (χ4n) is 3.86. The predicted octanol–water partition coefficient (Wildman–Crippen LogP) is 4.16. The standard InChI is InChI=1S/C21H27F3N2O4/c1-19(2,3)30-18(29)26-10-14-13(17(26)28)8-12(9-15(14)21(22,23)24)16(11-27)25-20(4)6-5-7-20/h8-9,16,25,27H,5-7,10-11H2,1-4H3. The number of carbonyl (C=O) groups excluding carboxylic acids is 2. The Morgan fingerprint density at radius 3 is 2.40 bits per heavy atom. The van der Waals surface area contributed by atoms with E-state index in [0.29, 0.717) is 4.90 Å². The molecule has 0 bridgehead atoms. The van der Waals surface area contributed by atoms with Gasteiger partial charge in [0.1, 0.15) is 5.60 Å². The van der Waals surface area contributed by atoms with Gasteiger partial charge in [-0.1, -0.05) is 0 Å². The predicted molar refractivity (Wildman–Crippen MR) is 103 cm³/mol. The summed E-state index contributed by atoms with van der Waals surface area (Å²) in [6.45, 7) is 5.85. The van der Waals surface area contributed by atoms with Gasteiger partial charge in [-0.05, 0) is 70.2 Å². The Kier molecular flexibility index (Phi) is 5.66. The molecule has 0 saturated heterocycles. The summed E-state index contributed by atoms with van der Waals surface area (Å²) in [7, 11) is 0. The van der Waals surface area contributed by atoms with E-state index in [-0.39, 0.29) is 22.2 Å². The van der Waals surface area contributed by atoms with Crippen LogP contribution in [0.15, 0.2) is 12.1 Å². The minimum absolute atomic E-state index is 0.163. The first kappa shape index (κ1) is 22.6. The number of halogens is 3. The molecule has 6 nitrogen and oxygen atoms in total. The van der Waals surface area contributed by atoms with Gasteiger partial charge in [-0.3, -0.25) is 4.79 Å². The summed E-state index contributed by atoms with van der Waals surface area (Å²) in [5, 5.41) is 13.0. The van der Waals surface area contributed by atoms with Crippen LogP contribution in [0.2, 0.25) is 0 Å². The van der Waals surface area contributed by atoms with Crippen LogP contribution in [-0.4, -0.2) is 39.8 Å². The van der Waals surface area contributed by atoms with Gasteiger partial charge in [0.2, 0.25) is 0 Å². The van der Waals surface area contributed by atoms with Gasteiger partial charge in [-0.2, -0.15) is 13.2 Å². The molecule has 2 amide bonds. The molecule has 0 spiro atoms. The van der Waals surface area contributed by atoms with Crippen LogP contribution in [0, 0.1) is 0 Å². The number of rotatable bonds is 4. The second-order valence-corrected chi connectivity index (χ2v) is 9.26. The summed E-state index contributed by atoms with van der Waals surface area (Å²) in [6, 6.07) is 1.54. The number of fused-ring (bicyclic) bond motifs is 1. The molecule has 1 aromatic carbocycles. The average Bonchev–Trinajstić information content (AvgIpc) is 2.92. The van der Waals surface area contributed by atoms with Crippen molar-refractivity contribution in [2.24, 2.45) is 0 Å². The molecule has 1 fully saturated rings. The zero-order chi connectivity index (χ0) is 22.5. The quantitative estimate of drug-likeness (QED) is 0.753. The number of imide groups is 1. The number of aliphatic hydroxyl groups excluding tert-OH is 1. The Hall–Kier alpha value is -2.13. The van der Waals surface area contributed by atoms with Crippen molar-refractivity contribution in [3.05, 3.63) is 34.4 Å². The van der Waals surface area contributed by atoms with E-state index in [1.54, 1.807) is 20.8 Å². The van der Waals surface area contributed by atoms with Gasteiger partial charge in [0.25, 0.3) is 5.91 Å². The molecule has 30 heavy (non-hydrogen) atoms. The third kappa shape index (κ3) is 4.46. The van der Waals surface area contributed by atoms with E-state index < -0.39 is 48.5 Å². The lowest BCUT2D eigenvalue weighted by Gasteiger charge is -2.42. The van der Waals surface area contributed by atoms with Gasteiger partial charge >= 0.3 is 12.3 Å². The molecule has 3 rings (SSSR count). The molecule has 1 unspecified atom stereocenters. The zero-order valence-electron chi connectivity index (χ0n) is 17.5. The summed E-state index contributed by atoms with van der Waals surface area (Å²) in [5.41, 5.74) is -2.42. The lowest BCUT2D eigenvalue weighted by Crippen LogP contribution is -2.50. The molecule has 1 heterocycles. The molecule has 0 radical (unpaired) electrons. The summed E-state index contributed by atoms with van der Waals surface area (Å²) >= 11 is 0. The van der Waals surface area contributed by atoms with Crippen LogP contribution >= 0.6 is 0 Å². The number of hydrogen-bond donors (Lipinski definition) is 2. The molecular formula is C21H27F3N2O4. The number of benzene rings is 1. The molecule has 166 valence electrons. The van der Waals surface area contributed by atoms with E-state index in [0.717, 1.165) is 25.3 Å². The van der Waals surface area contributed by atoms with Gasteiger partial charge in [0.15, 0.2) is 0 Å². The Morgan fingerprint density at radius 2 is 1.93 bits per heavy atom. The second kappa shape index (κ2) is 7.53. The van der Waals surface area contributed by atoms with Crippen molar-refractivity contribution in [2.45, 2.75) is 76.9 Å². The molecule has 2 aliphatic rings. The highest BCUT2D eigenvalue weighted by Crippen LogP contribution is 2.40. The smallest absolute Gasteiger partial charge is 0.417 e. The summed E-state index contributed by atoms with van der Waals surface area (Å²) in [4.78, 5) is 25.8. The van der Waals surface area contributed by atoms with Crippen LogP contribution in [0.4, 0.5) is 18.0 Å². The number of hydrogen-bond acceptors (Lipinski definition) is 5. The third-order valence-electron chi connectivity index (χ3n) is 5.55. The molecule has 1 atom stereocenters. The first-order valence-corrected chi connectivity index (χ1v) is 9.91. The van der Waals surface area contributed by atoms with Gasteiger partial charge < -0.3 is 15.2 Å². The van der Waals surface area contributed by atoms with Crippen LogP contribution in [0.1, 0.15) is 80.0 Å². The first-order chi connectivity index (χ1) is 13.7. The first-order valence-electron chi connectivity index (χ1n) is 9.91. The minimum atomic E-state index is -4.72. The van der Waals surface area contributed by atoms with Crippen molar-refractivity contribution in [1.29, 1.82) is 0 Å². The lowest BCUT2D eigenvalue weighted by molar-refractivity contribution is -0.138. The van der Waals surface area contributed by atoms with Crippen molar-refractivity contribution in [2.75, 3.05) is 6.61 Å². The van der Waals surface area contributed by atoms with E-state index in [1.165, 1.54) is 6.07 Å². The number of nitrogens with one attached hydrogen (secondary N) is 1. The molecule has 1 aliphatic carbocycles. The van der Waals surface area contributed by atoms with Crippen molar-refractivity contribution in [3.8, 4) is 0 Å². The van der Waals surface area contributed by atoms with Crippen LogP contribution in [0.5, 0.6) is 0 Å². The van der Waals surface area contributed by atoms with Gasteiger partial charge in [0.05, 0.1) is 24.8 Å². The highest BCUT2D eigenvalue weighted by molar-refractivity contribution is 6.07. The van der Waals surface area contributed by atoms with Crippen LogP contribution < -0.4 is 5.32 Å². The molecular weight excluding hydrogens is 401 g/mol. The minimum Gasteiger partial charge on any atom is -0.443 e. The van der Waals surface area contributed by atoms with Crippen molar-refractivity contribution < 1.29 is 32.6 Å². The number of nitrogens with zero attached hydrogens (tertiary/aromatic N) is 1. The summed E-state index contributed by atoms with van der Waals surface area (Å²) in [6.07, 6.45) is -3.00. The Morgan fingerprint density at radius 1 is 1.30 bits per heavy atom. The number of ether oxygens (including phenoxy) is 1. The topological polar surface area (TPSA) is 78.9 Å². The van der Waals surface area contributed by atoms with E-state index in [9.17, 15) is 27.9 Å². The number of alkyl halides is 3. The largest absolute Gasteiger partial charge is 0.443 e. The maximum atomic E-state index is 13.8. The Labute approximate surface area is 173 Å². The number of amides is 2. The Bertz CT molecular complexity index is 857. The van der Waals surface area contributed by atoms with Gasteiger partial charge in [0, 0.05) is 11.1 Å². The summed E-state index contributed by atoms with van der Waals surface area (Å²) < 4.78 is 46.6. The fraction of sp³-hybridized carbons (Fsp3) is 0.619. The number of carbonyl (C=O) groups is 2. The maximum absolute atomic E-state index is 13.8. The van der Waals surface area contributed by atoms with Crippen molar-refractivity contribution in [3.63, 3.8) is 0 Å². The van der Waals surface area contributed by atoms with Crippen molar-refractivity contribution >= 4 is 12.0 Å². The van der Waals surface area contributed by atoms with Gasteiger partial charge in [-0.25, -0.2) is 9.69 Å². The van der Waals surface area contributed by atoms with Crippen LogP contribution in [-0.2, 0) is 17.5 Å². The molecule has 9 heteroatoms. The van der Waals surface area contributed by atoms with E-state index in [4.69, 9.17) is 4.74 Å². The maximum Gasteiger partial charge on any atom is 0.417 e.